The van der Waals surface area contributed by atoms with E-state index in [0.717, 1.165) is 16.9 Å². The van der Waals surface area contributed by atoms with Gasteiger partial charge in [-0.3, -0.25) is 9.59 Å². The second kappa shape index (κ2) is 12.0. The van der Waals surface area contributed by atoms with E-state index in [9.17, 15) is 9.59 Å². The lowest BCUT2D eigenvalue weighted by molar-refractivity contribution is -0.130. The molecule has 0 saturated heterocycles. The maximum absolute atomic E-state index is 12.6. The predicted octanol–water partition coefficient (Wildman–Crippen LogP) is 3.72. The minimum atomic E-state index is -0.731. The van der Waals surface area contributed by atoms with Crippen LogP contribution < -0.4 is 20.2 Å². The third-order valence-corrected chi connectivity index (χ3v) is 4.61. The third-order valence-electron chi connectivity index (χ3n) is 4.36. The van der Waals surface area contributed by atoms with Gasteiger partial charge in [-0.05, 0) is 60.7 Å². The van der Waals surface area contributed by atoms with E-state index in [2.05, 4.69) is 15.8 Å². The maximum atomic E-state index is 12.6. The quantitative estimate of drug-likeness (QED) is 0.431. The number of halogens is 1. The van der Waals surface area contributed by atoms with Crippen LogP contribution in [0.3, 0.4) is 0 Å². The van der Waals surface area contributed by atoms with Crippen LogP contribution in [0.5, 0.6) is 11.5 Å². The molecule has 31 heavy (non-hydrogen) atoms. The van der Waals surface area contributed by atoms with Crippen molar-refractivity contribution in [2.75, 3.05) is 13.7 Å². The van der Waals surface area contributed by atoms with Crippen LogP contribution in [0.1, 0.15) is 31.4 Å². The third kappa shape index (κ3) is 8.30. The number of benzene rings is 2. The summed E-state index contributed by atoms with van der Waals surface area (Å²) < 4.78 is 10.7. The summed E-state index contributed by atoms with van der Waals surface area (Å²) in [5.74, 6) is 0.647. The van der Waals surface area contributed by atoms with Gasteiger partial charge in [-0.15, -0.1) is 0 Å². The van der Waals surface area contributed by atoms with Crippen LogP contribution in [0.4, 0.5) is 0 Å². The smallest absolute Gasteiger partial charge is 0.262 e. The summed E-state index contributed by atoms with van der Waals surface area (Å²) in [6.45, 7) is 5.67. The maximum Gasteiger partial charge on any atom is 0.262 e. The van der Waals surface area contributed by atoms with Gasteiger partial charge < -0.3 is 14.8 Å². The minimum Gasteiger partial charge on any atom is -0.496 e. The highest BCUT2D eigenvalue weighted by Crippen LogP contribution is 2.18. The standard InChI is InChI=1S/C23H28ClN3O4/c1-15(2)11-20(26-22(28)14-31-19-9-7-18(24)8-10-19)23(29)27-25-13-17-6-5-16(3)21(12-17)30-4/h5-10,12-13,15,20H,11,14H2,1-4H3,(H,26,28)(H,27,29)/b25-13-/t20-/m1/s1. The van der Waals surface area contributed by atoms with E-state index in [0.29, 0.717) is 17.2 Å². The number of methoxy groups -OCH3 is 1. The van der Waals surface area contributed by atoms with Crippen molar-refractivity contribution in [2.24, 2.45) is 11.0 Å². The Bertz CT molecular complexity index is 914. The fraction of sp³-hybridized carbons (Fsp3) is 0.348. The molecule has 2 aromatic rings. The van der Waals surface area contributed by atoms with Crippen molar-refractivity contribution in [3.05, 3.63) is 58.6 Å². The van der Waals surface area contributed by atoms with E-state index in [1.54, 1.807) is 31.4 Å². The summed E-state index contributed by atoms with van der Waals surface area (Å²) >= 11 is 5.83. The largest absolute Gasteiger partial charge is 0.496 e. The number of nitrogens with zero attached hydrogens (tertiary/aromatic N) is 1. The highest BCUT2D eigenvalue weighted by molar-refractivity contribution is 6.30. The molecule has 0 heterocycles. The van der Waals surface area contributed by atoms with Crippen LogP contribution in [0, 0.1) is 12.8 Å². The topological polar surface area (TPSA) is 89.0 Å². The second-order valence-corrected chi connectivity index (χ2v) is 7.89. The highest BCUT2D eigenvalue weighted by atomic mass is 35.5. The Hall–Kier alpha value is -3.06. The molecule has 0 spiro atoms. The average molecular weight is 446 g/mol. The van der Waals surface area contributed by atoms with Gasteiger partial charge in [-0.25, -0.2) is 5.43 Å². The van der Waals surface area contributed by atoms with Gasteiger partial charge in [0, 0.05) is 5.02 Å². The van der Waals surface area contributed by atoms with E-state index in [1.807, 2.05) is 39.0 Å². The van der Waals surface area contributed by atoms with Gasteiger partial charge in [0.25, 0.3) is 11.8 Å². The van der Waals surface area contributed by atoms with Crippen LogP contribution in [-0.2, 0) is 9.59 Å². The Morgan fingerprint density at radius 2 is 1.87 bits per heavy atom. The number of carbonyl (C=O) groups excluding carboxylic acids is 2. The molecule has 0 fully saturated rings. The molecular weight excluding hydrogens is 418 g/mol. The normalized spacial score (nSPS) is 11.9. The summed E-state index contributed by atoms with van der Waals surface area (Å²) in [7, 11) is 1.60. The molecule has 0 aliphatic carbocycles. The zero-order valence-corrected chi connectivity index (χ0v) is 18.9. The molecule has 2 amide bonds. The highest BCUT2D eigenvalue weighted by Gasteiger charge is 2.22. The lowest BCUT2D eigenvalue weighted by Gasteiger charge is -2.19. The second-order valence-electron chi connectivity index (χ2n) is 7.46. The zero-order valence-electron chi connectivity index (χ0n) is 18.1. The van der Waals surface area contributed by atoms with Gasteiger partial charge in [0.2, 0.25) is 0 Å². The number of nitrogens with one attached hydrogen (secondary N) is 2. The Labute approximate surface area is 187 Å². The molecule has 8 heteroatoms. The first-order valence-electron chi connectivity index (χ1n) is 9.93. The van der Waals surface area contributed by atoms with E-state index >= 15 is 0 Å². The summed E-state index contributed by atoms with van der Waals surface area (Å²) in [6, 6.07) is 11.6. The van der Waals surface area contributed by atoms with E-state index < -0.39 is 17.9 Å². The van der Waals surface area contributed by atoms with Gasteiger partial charge in [0.1, 0.15) is 17.5 Å². The number of rotatable bonds is 10. The summed E-state index contributed by atoms with van der Waals surface area (Å²) in [4.78, 5) is 24.9. The molecule has 166 valence electrons. The number of hydrogen-bond donors (Lipinski definition) is 2. The zero-order chi connectivity index (χ0) is 22.8. The molecule has 0 radical (unpaired) electrons. The first kappa shape index (κ1) is 24.2. The predicted molar refractivity (Wildman–Crippen MR) is 122 cm³/mol. The van der Waals surface area contributed by atoms with Crippen LogP contribution in [0.25, 0.3) is 0 Å². The van der Waals surface area contributed by atoms with Crippen LogP contribution >= 0.6 is 11.6 Å². The molecule has 0 aliphatic rings. The Morgan fingerprint density at radius 3 is 2.52 bits per heavy atom. The number of ether oxygens (including phenoxy) is 2. The Balaban J connectivity index is 1.93. The van der Waals surface area contributed by atoms with Gasteiger partial charge in [0.05, 0.1) is 13.3 Å². The molecular formula is C23H28ClN3O4. The lowest BCUT2D eigenvalue weighted by atomic mass is 10.0. The fourth-order valence-corrected chi connectivity index (χ4v) is 2.91. The first-order valence-corrected chi connectivity index (χ1v) is 10.3. The molecule has 2 aromatic carbocycles. The molecule has 0 aliphatic heterocycles. The van der Waals surface area contributed by atoms with Crippen LogP contribution in [0.15, 0.2) is 47.6 Å². The van der Waals surface area contributed by atoms with Crippen LogP contribution in [0.2, 0.25) is 5.02 Å². The van der Waals surface area contributed by atoms with E-state index in [4.69, 9.17) is 21.1 Å². The van der Waals surface area contributed by atoms with Crippen molar-refractivity contribution in [3.63, 3.8) is 0 Å². The molecule has 7 nitrogen and oxygen atoms in total. The van der Waals surface area contributed by atoms with Crippen LogP contribution in [-0.4, -0.2) is 37.8 Å². The number of aryl methyl sites for hydroxylation is 1. The molecule has 0 saturated carbocycles. The number of hydrogen-bond acceptors (Lipinski definition) is 5. The SMILES string of the molecule is COc1cc(/C=N\NC(=O)[C@@H](CC(C)C)NC(=O)COc2ccc(Cl)cc2)ccc1C. The lowest BCUT2D eigenvalue weighted by Crippen LogP contribution is -2.47. The Morgan fingerprint density at radius 1 is 1.16 bits per heavy atom. The Kier molecular flexibility index (Phi) is 9.34. The molecule has 1 atom stereocenters. The molecule has 2 N–H and O–H groups in total. The van der Waals surface area contributed by atoms with E-state index in [1.165, 1.54) is 6.21 Å². The van der Waals surface area contributed by atoms with Crippen molar-refractivity contribution >= 4 is 29.6 Å². The number of carbonyl (C=O) groups is 2. The van der Waals surface area contributed by atoms with Crippen molar-refractivity contribution in [3.8, 4) is 11.5 Å². The van der Waals surface area contributed by atoms with Gasteiger partial charge >= 0.3 is 0 Å². The average Bonchev–Trinajstić information content (AvgIpc) is 2.73. The summed E-state index contributed by atoms with van der Waals surface area (Å²) in [5, 5.41) is 7.30. The van der Waals surface area contributed by atoms with Gasteiger partial charge in [-0.2, -0.15) is 5.10 Å². The van der Waals surface area contributed by atoms with Gasteiger partial charge in [0.15, 0.2) is 6.61 Å². The fourth-order valence-electron chi connectivity index (χ4n) is 2.78. The first-order chi connectivity index (χ1) is 14.8. The summed E-state index contributed by atoms with van der Waals surface area (Å²) in [6.07, 6.45) is 1.99. The van der Waals surface area contributed by atoms with Gasteiger partial charge in [-0.1, -0.05) is 37.6 Å². The van der Waals surface area contributed by atoms with Crippen molar-refractivity contribution < 1.29 is 19.1 Å². The van der Waals surface area contributed by atoms with Crippen molar-refractivity contribution in [1.82, 2.24) is 10.7 Å². The summed E-state index contributed by atoms with van der Waals surface area (Å²) in [5.41, 5.74) is 4.28. The molecule has 0 aromatic heterocycles. The molecule has 0 unspecified atom stereocenters. The van der Waals surface area contributed by atoms with Crippen molar-refractivity contribution in [2.45, 2.75) is 33.2 Å². The van der Waals surface area contributed by atoms with Crippen molar-refractivity contribution in [1.29, 1.82) is 0 Å². The molecule has 2 rings (SSSR count). The minimum absolute atomic E-state index is 0.193. The number of hydrazone groups is 1. The molecule has 0 bridgehead atoms. The monoisotopic (exact) mass is 445 g/mol. The number of amides is 2. The van der Waals surface area contributed by atoms with E-state index in [-0.39, 0.29) is 12.5 Å².